The summed E-state index contributed by atoms with van der Waals surface area (Å²) in [5.74, 6) is 0.0701. The molecule has 0 aromatic heterocycles. The van der Waals surface area contributed by atoms with Gasteiger partial charge in [-0.3, -0.25) is 0 Å². The lowest BCUT2D eigenvalue weighted by molar-refractivity contribution is 0.482. The van der Waals surface area contributed by atoms with Crippen LogP contribution in [-0.2, 0) is 0 Å². The van der Waals surface area contributed by atoms with Crippen molar-refractivity contribution in [3.63, 3.8) is 0 Å². The number of aromatic hydroxyl groups is 1. The van der Waals surface area contributed by atoms with Crippen LogP contribution in [0.4, 0.5) is 0 Å². The second-order valence-corrected chi connectivity index (χ2v) is 4.36. The number of hydrogen-bond acceptors (Lipinski definition) is 1. The van der Waals surface area contributed by atoms with E-state index in [0.717, 1.165) is 16.2 Å². The molecule has 0 aliphatic heterocycles. The first-order chi connectivity index (χ1) is 8.75. The lowest BCUT2D eigenvalue weighted by Gasteiger charge is -2.11. The average molecular weight is 219 g/mol. The van der Waals surface area contributed by atoms with Crippen LogP contribution in [-0.4, -0.2) is 5.11 Å². The summed E-state index contributed by atoms with van der Waals surface area (Å²) in [6.45, 7) is 0. The molecule has 0 unspecified atom stereocenters. The Balaban J connectivity index is 2.46. The molecule has 0 atom stereocenters. The van der Waals surface area contributed by atoms with Crippen molar-refractivity contribution in [3.8, 4) is 5.75 Å². The highest BCUT2D eigenvalue weighted by Gasteiger charge is 2.09. The summed E-state index contributed by atoms with van der Waals surface area (Å²) in [4.78, 5) is 0. The van der Waals surface area contributed by atoms with Crippen molar-refractivity contribution in [1.82, 2.24) is 0 Å². The Morgan fingerprint density at radius 1 is 0.765 bits per heavy atom. The highest BCUT2D eigenvalue weighted by atomic mass is 16.3. The third kappa shape index (κ3) is 1.03. The lowest BCUT2D eigenvalue weighted by atomic mass is 9.94. The van der Waals surface area contributed by atoms with Crippen molar-refractivity contribution < 1.29 is 6.48 Å². The number of hydrogen-bond donors (Lipinski definition) is 1. The van der Waals surface area contributed by atoms with Crippen LogP contribution in [0.1, 0.15) is 1.37 Å². The fourth-order valence-electron chi connectivity index (χ4n) is 2.65. The van der Waals surface area contributed by atoms with Crippen LogP contribution in [0.3, 0.4) is 0 Å². The second kappa shape index (κ2) is 2.89. The van der Waals surface area contributed by atoms with Crippen LogP contribution in [0, 0.1) is 0 Å². The third-order valence-electron chi connectivity index (χ3n) is 3.43. The Bertz CT molecular complexity index is 880. The van der Waals surface area contributed by atoms with Crippen molar-refractivity contribution in [1.29, 1.82) is 0 Å². The molecule has 0 radical (unpaired) electrons. The van der Waals surface area contributed by atoms with E-state index in [1.54, 1.807) is 6.07 Å². The predicted molar refractivity (Wildman–Crippen MR) is 71.8 cm³/mol. The Labute approximate surface area is 99.7 Å². The van der Waals surface area contributed by atoms with Gasteiger partial charge in [0, 0.05) is 10.8 Å². The van der Waals surface area contributed by atoms with E-state index in [4.69, 9.17) is 1.37 Å². The number of benzene rings is 4. The van der Waals surface area contributed by atoms with Gasteiger partial charge in [0.1, 0.15) is 5.75 Å². The molecule has 4 aromatic carbocycles. The fraction of sp³-hybridized carbons (Fsp3) is 0. The summed E-state index contributed by atoms with van der Waals surface area (Å²) in [6, 6.07) is 16.1. The molecule has 0 heterocycles. The van der Waals surface area contributed by atoms with Gasteiger partial charge in [0.2, 0.25) is 0 Å². The Kier molecular flexibility index (Phi) is 1.34. The molecule has 4 aromatic rings. The van der Waals surface area contributed by atoms with Gasteiger partial charge in [-0.25, -0.2) is 0 Å². The zero-order valence-electron chi connectivity index (χ0n) is 10.1. The Morgan fingerprint density at radius 3 is 2.18 bits per heavy atom. The highest BCUT2D eigenvalue weighted by molar-refractivity contribution is 6.23. The fourth-order valence-corrected chi connectivity index (χ4v) is 2.65. The predicted octanol–water partition coefficient (Wildman–Crippen LogP) is 4.29. The van der Waals surface area contributed by atoms with E-state index in [9.17, 15) is 5.11 Å². The molecule has 0 saturated carbocycles. The summed E-state index contributed by atoms with van der Waals surface area (Å²) in [6.07, 6.45) is 0. The maximum absolute atomic E-state index is 10.0. The number of phenolic OH excluding ortho intramolecular Hbond substituents is 1. The molecule has 0 aliphatic rings. The summed E-state index contributed by atoms with van der Waals surface area (Å²) in [5, 5.41) is 16.4. The number of phenols is 1. The summed E-state index contributed by atoms with van der Waals surface area (Å²) >= 11 is 0. The topological polar surface area (TPSA) is 20.2 Å². The molecular weight excluding hydrogens is 208 g/mol. The zero-order valence-corrected chi connectivity index (χ0v) is 9.07. The molecule has 4 rings (SSSR count). The van der Waals surface area contributed by atoms with Crippen LogP contribution < -0.4 is 0 Å². The molecule has 80 valence electrons. The lowest BCUT2D eigenvalue weighted by Crippen LogP contribution is -1.83. The molecule has 0 spiro atoms. The van der Waals surface area contributed by atoms with Crippen molar-refractivity contribution in [2.75, 3.05) is 0 Å². The van der Waals surface area contributed by atoms with Crippen molar-refractivity contribution in [3.05, 3.63) is 54.6 Å². The van der Waals surface area contributed by atoms with E-state index in [2.05, 4.69) is 18.2 Å². The van der Waals surface area contributed by atoms with Crippen LogP contribution in [0.15, 0.2) is 54.6 Å². The summed E-state index contributed by atoms with van der Waals surface area (Å²) in [5.41, 5.74) is 0. The maximum atomic E-state index is 10.0. The normalized spacial score (nSPS) is 12.6. The Morgan fingerprint density at radius 2 is 1.41 bits per heavy atom. The van der Waals surface area contributed by atoms with Crippen molar-refractivity contribution in [2.45, 2.75) is 0 Å². The van der Waals surface area contributed by atoms with Crippen LogP contribution in [0.25, 0.3) is 32.3 Å². The van der Waals surface area contributed by atoms with Crippen LogP contribution in [0.5, 0.6) is 5.75 Å². The molecule has 17 heavy (non-hydrogen) atoms. The average Bonchev–Trinajstić information content (AvgIpc) is 2.40. The van der Waals surface area contributed by atoms with Crippen molar-refractivity contribution in [2.24, 2.45) is 0 Å². The van der Waals surface area contributed by atoms with Gasteiger partial charge in [-0.1, -0.05) is 48.5 Å². The monoisotopic (exact) mass is 219 g/mol. The van der Waals surface area contributed by atoms with Gasteiger partial charge in [0.15, 0.2) is 0 Å². The minimum absolute atomic E-state index is 0.0701. The zero-order chi connectivity index (χ0) is 12.3. The quantitative estimate of drug-likeness (QED) is 0.437. The van der Waals surface area contributed by atoms with E-state index in [1.807, 2.05) is 24.3 Å². The maximum Gasteiger partial charge on any atom is 0.123 e. The molecule has 1 heteroatoms. The van der Waals surface area contributed by atoms with E-state index in [-0.39, 0.29) is 11.8 Å². The minimum Gasteiger partial charge on any atom is -0.507 e. The molecular formula is C16H10O. The summed E-state index contributed by atoms with van der Waals surface area (Å²) < 4.78 is 7.79. The highest BCUT2D eigenvalue weighted by Crippen LogP contribution is 2.37. The van der Waals surface area contributed by atoms with E-state index < -0.39 is 0 Å². The largest absolute Gasteiger partial charge is 0.507 e. The first kappa shape index (κ1) is 7.91. The van der Waals surface area contributed by atoms with Gasteiger partial charge in [-0.15, -0.1) is 0 Å². The van der Waals surface area contributed by atoms with Gasteiger partial charge in [0.05, 0.1) is 1.37 Å². The van der Waals surface area contributed by atoms with Crippen LogP contribution >= 0.6 is 0 Å². The van der Waals surface area contributed by atoms with E-state index in [0.29, 0.717) is 0 Å². The van der Waals surface area contributed by atoms with Gasteiger partial charge in [0.25, 0.3) is 0 Å². The second-order valence-electron chi connectivity index (χ2n) is 4.36. The van der Waals surface area contributed by atoms with Gasteiger partial charge < -0.3 is 5.11 Å². The first-order valence-corrected chi connectivity index (χ1v) is 5.62. The first-order valence-electron chi connectivity index (χ1n) is 6.12. The molecule has 1 nitrogen and oxygen atoms in total. The van der Waals surface area contributed by atoms with Crippen LogP contribution in [0.2, 0.25) is 0 Å². The number of rotatable bonds is 0. The standard InChI is InChI=1S/C16H10O/c17-14-9-7-12-5-4-10-2-1-3-11-6-8-13(14)16(12)15(10)11/h1-9,17H/i9D. The smallest absolute Gasteiger partial charge is 0.123 e. The van der Waals surface area contributed by atoms with Gasteiger partial charge >= 0.3 is 0 Å². The molecule has 0 bridgehead atoms. The SMILES string of the molecule is [2H]c1cc2ccc3cccc4ccc(c1O)c2c34. The van der Waals surface area contributed by atoms with E-state index in [1.165, 1.54) is 16.2 Å². The van der Waals surface area contributed by atoms with Crippen molar-refractivity contribution >= 4 is 32.3 Å². The Hall–Kier alpha value is -2.28. The molecule has 0 saturated heterocycles. The minimum atomic E-state index is 0.0701. The molecule has 0 fully saturated rings. The van der Waals surface area contributed by atoms with Gasteiger partial charge in [-0.2, -0.15) is 0 Å². The molecule has 0 amide bonds. The van der Waals surface area contributed by atoms with E-state index >= 15 is 0 Å². The summed E-state index contributed by atoms with van der Waals surface area (Å²) in [7, 11) is 0. The molecule has 1 N–H and O–H groups in total. The third-order valence-corrected chi connectivity index (χ3v) is 3.43. The van der Waals surface area contributed by atoms with Gasteiger partial charge in [-0.05, 0) is 27.6 Å². The molecule has 0 aliphatic carbocycles.